The molecule has 10 heteroatoms. The lowest BCUT2D eigenvalue weighted by molar-refractivity contribution is -0.129. The van der Waals surface area contributed by atoms with Gasteiger partial charge in [-0.1, -0.05) is 5.16 Å². The third-order valence-corrected chi connectivity index (χ3v) is 6.33. The molecular formula is C16H22F3N3O3S. The zero-order valence-electron chi connectivity index (χ0n) is 14.4. The van der Waals surface area contributed by atoms with Gasteiger partial charge in [0.05, 0.1) is 17.4 Å². The number of nitrogens with one attached hydrogen (secondary N) is 1. The highest BCUT2D eigenvalue weighted by Gasteiger charge is 2.34. The molecule has 1 N–H and O–H groups in total. The maximum atomic E-state index is 12.3. The summed E-state index contributed by atoms with van der Waals surface area (Å²) in [6.07, 6.45) is -2.20. The normalized spacial score (nSPS) is 25.8. The van der Waals surface area contributed by atoms with E-state index in [-0.39, 0.29) is 23.7 Å². The lowest BCUT2D eigenvalue weighted by atomic mass is 10.0. The molecule has 0 radical (unpaired) electrons. The summed E-state index contributed by atoms with van der Waals surface area (Å²) in [6, 6.07) is 1.36. The highest BCUT2D eigenvalue weighted by Crippen LogP contribution is 2.40. The summed E-state index contributed by atoms with van der Waals surface area (Å²) in [7, 11) is -1.67. The van der Waals surface area contributed by atoms with E-state index in [1.54, 1.807) is 10.4 Å². The zero-order chi connectivity index (χ0) is 18.9. The van der Waals surface area contributed by atoms with Crippen molar-refractivity contribution in [3.05, 3.63) is 17.5 Å². The Bertz CT molecular complexity index is 675. The van der Waals surface area contributed by atoms with Crippen molar-refractivity contribution in [2.45, 2.75) is 63.2 Å². The van der Waals surface area contributed by atoms with Crippen LogP contribution in [0.25, 0.3) is 0 Å². The van der Waals surface area contributed by atoms with E-state index in [9.17, 15) is 22.2 Å². The lowest BCUT2D eigenvalue weighted by Gasteiger charge is -2.36. The number of nitrogens with zero attached hydrogens (tertiary/aromatic N) is 2. The maximum absolute atomic E-state index is 12.3. The second-order valence-electron chi connectivity index (χ2n) is 6.96. The first-order valence-corrected chi connectivity index (χ1v) is 10.00. The Morgan fingerprint density at radius 1 is 1.42 bits per heavy atom. The highest BCUT2D eigenvalue weighted by atomic mass is 32.2. The van der Waals surface area contributed by atoms with Gasteiger partial charge in [-0.2, -0.15) is 13.2 Å². The van der Waals surface area contributed by atoms with Crippen LogP contribution in [0.2, 0.25) is 0 Å². The van der Waals surface area contributed by atoms with Crippen LogP contribution in [-0.4, -0.2) is 50.1 Å². The van der Waals surface area contributed by atoms with E-state index >= 15 is 0 Å². The number of amides is 1. The average molecular weight is 393 g/mol. The largest absolute Gasteiger partial charge is 0.390 e. The molecule has 1 saturated heterocycles. The quantitative estimate of drug-likeness (QED) is 0.806. The summed E-state index contributed by atoms with van der Waals surface area (Å²) in [4.78, 5) is 12.3. The molecule has 0 bridgehead atoms. The topological polar surface area (TPSA) is 75.4 Å². The highest BCUT2D eigenvalue weighted by molar-refractivity contribution is 7.82. The van der Waals surface area contributed by atoms with Crippen molar-refractivity contribution in [1.29, 1.82) is 0 Å². The second kappa shape index (κ2) is 7.67. The molecule has 6 nitrogen and oxygen atoms in total. The van der Waals surface area contributed by atoms with Crippen LogP contribution in [0.15, 0.2) is 10.6 Å². The van der Waals surface area contributed by atoms with Gasteiger partial charge in [0.25, 0.3) is 5.91 Å². The third kappa shape index (κ3) is 5.06. The standard InChI is InChI=1S/C16H22F3N3O3S/c1-10-8-12(4-6-22(10)26(24)7-5-16(17,18)19)20-15(23)13-9-14(25-21-13)11-2-3-11/h9-12H,2-8H2,1H3,(H,20,23)/t10-,12-,26?/m0/s1. The van der Waals surface area contributed by atoms with Crippen molar-refractivity contribution in [3.63, 3.8) is 0 Å². The van der Waals surface area contributed by atoms with E-state index in [1.165, 1.54) is 0 Å². The van der Waals surface area contributed by atoms with Gasteiger partial charge in [-0.05, 0) is 32.6 Å². The van der Waals surface area contributed by atoms with Crippen LogP contribution in [-0.2, 0) is 11.0 Å². The van der Waals surface area contributed by atoms with Gasteiger partial charge in [-0.3, -0.25) is 4.79 Å². The first-order valence-electron chi connectivity index (χ1n) is 8.72. The van der Waals surface area contributed by atoms with Crippen LogP contribution >= 0.6 is 0 Å². The van der Waals surface area contributed by atoms with Gasteiger partial charge in [-0.15, -0.1) is 0 Å². The number of hydrogen-bond donors (Lipinski definition) is 1. The fraction of sp³-hybridized carbons (Fsp3) is 0.750. The molecule has 1 unspecified atom stereocenters. The van der Waals surface area contributed by atoms with E-state index < -0.39 is 29.3 Å². The number of piperidine rings is 1. The fourth-order valence-corrected chi connectivity index (χ4v) is 4.56. The lowest BCUT2D eigenvalue weighted by Crippen LogP contribution is -2.49. The summed E-state index contributed by atoms with van der Waals surface area (Å²) >= 11 is 0. The molecule has 146 valence electrons. The average Bonchev–Trinajstić information content (AvgIpc) is 3.29. The molecule has 2 aliphatic rings. The van der Waals surface area contributed by atoms with Gasteiger partial charge >= 0.3 is 6.18 Å². The Kier molecular flexibility index (Phi) is 5.71. The van der Waals surface area contributed by atoms with E-state index in [0.717, 1.165) is 18.6 Å². The van der Waals surface area contributed by atoms with E-state index in [0.29, 0.717) is 25.3 Å². The predicted molar refractivity (Wildman–Crippen MR) is 88.8 cm³/mol. The third-order valence-electron chi connectivity index (χ3n) is 4.71. The second-order valence-corrected chi connectivity index (χ2v) is 8.48. The number of halogens is 3. The Balaban J connectivity index is 1.48. The Morgan fingerprint density at radius 2 is 2.15 bits per heavy atom. The molecule has 2 heterocycles. The van der Waals surface area contributed by atoms with Gasteiger partial charge < -0.3 is 9.84 Å². The number of alkyl halides is 3. The van der Waals surface area contributed by atoms with Gasteiger partial charge in [0.15, 0.2) is 5.69 Å². The smallest absolute Gasteiger partial charge is 0.360 e. The first kappa shape index (κ1) is 19.3. The van der Waals surface area contributed by atoms with Crippen LogP contribution in [0.5, 0.6) is 0 Å². The van der Waals surface area contributed by atoms with Gasteiger partial charge in [0.2, 0.25) is 0 Å². The number of hydrogen-bond acceptors (Lipinski definition) is 4. The SMILES string of the molecule is C[C@H]1C[C@@H](NC(=O)c2cc(C3CC3)on2)CCN1S(=O)CCC(F)(F)F. The summed E-state index contributed by atoms with van der Waals surface area (Å²) < 4.78 is 55.7. The molecule has 0 spiro atoms. The van der Waals surface area contributed by atoms with E-state index in [4.69, 9.17) is 4.52 Å². The number of aromatic nitrogens is 1. The summed E-state index contributed by atoms with van der Waals surface area (Å²) in [5, 5.41) is 6.69. The number of carbonyl (C=O) groups excluding carboxylic acids is 1. The molecule has 26 heavy (non-hydrogen) atoms. The molecule has 3 atom stereocenters. The van der Waals surface area contributed by atoms with Crippen LogP contribution in [0.1, 0.15) is 61.2 Å². The van der Waals surface area contributed by atoms with Crippen molar-refractivity contribution >= 4 is 16.9 Å². The fourth-order valence-electron chi connectivity index (χ4n) is 3.12. The zero-order valence-corrected chi connectivity index (χ0v) is 15.2. The summed E-state index contributed by atoms with van der Waals surface area (Å²) in [5.74, 6) is 0.371. The van der Waals surface area contributed by atoms with Crippen LogP contribution in [0.4, 0.5) is 13.2 Å². The predicted octanol–water partition coefficient (Wildman–Crippen LogP) is 2.75. The van der Waals surface area contributed by atoms with Crippen LogP contribution in [0.3, 0.4) is 0 Å². The van der Waals surface area contributed by atoms with Crippen molar-refractivity contribution in [3.8, 4) is 0 Å². The molecule has 1 aliphatic heterocycles. The van der Waals surface area contributed by atoms with Crippen LogP contribution < -0.4 is 5.32 Å². The first-order chi connectivity index (χ1) is 12.2. The van der Waals surface area contributed by atoms with Crippen molar-refractivity contribution < 1.29 is 26.7 Å². The van der Waals surface area contributed by atoms with Gasteiger partial charge in [-0.25, -0.2) is 8.51 Å². The Morgan fingerprint density at radius 3 is 2.77 bits per heavy atom. The van der Waals surface area contributed by atoms with E-state index in [2.05, 4.69) is 10.5 Å². The molecule has 1 aromatic heterocycles. The van der Waals surface area contributed by atoms with Crippen LogP contribution in [0, 0.1) is 0 Å². The molecule has 1 saturated carbocycles. The monoisotopic (exact) mass is 393 g/mol. The minimum absolute atomic E-state index is 0.130. The number of carbonyl (C=O) groups is 1. The van der Waals surface area contributed by atoms with Crippen molar-refractivity contribution in [2.24, 2.45) is 0 Å². The molecule has 1 aromatic rings. The molecule has 0 aromatic carbocycles. The van der Waals surface area contributed by atoms with Gasteiger partial charge in [0.1, 0.15) is 5.76 Å². The number of rotatable bonds is 6. The minimum Gasteiger partial charge on any atom is -0.360 e. The Labute approximate surface area is 152 Å². The summed E-state index contributed by atoms with van der Waals surface area (Å²) in [5.41, 5.74) is 0.246. The molecular weight excluding hydrogens is 371 g/mol. The molecule has 2 fully saturated rings. The molecule has 3 rings (SSSR count). The van der Waals surface area contributed by atoms with Crippen molar-refractivity contribution in [2.75, 3.05) is 12.3 Å². The maximum Gasteiger partial charge on any atom is 0.390 e. The summed E-state index contributed by atoms with van der Waals surface area (Å²) in [6.45, 7) is 2.19. The van der Waals surface area contributed by atoms with Crippen molar-refractivity contribution in [1.82, 2.24) is 14.8 Å². The van der Waals surface area contributed by atoms with E-state index in [1.807, 2.05) is 6.92 Å². The molecule has 1 amide bonds. The van der Waals surface area contributed by atoms with Gasteiger partial charge in [0, 0.05) is 36.4 Å². The molecule has 1 aliphatic carbocycles. The Hall–Kier alpha value is -1.42. The minimum atomic E-state index is -4.30.